The number of nitrogens with one attached hydrogen (secondary N) is 1. The molecule has 1 saturated heterocycles. The molecule has 1 fully saturated rings. The second-order valence-corrected chi connectivity index (χ2v) is 8.30. The standard InChI is InChI=1S/C22H18F5N3O3S/c23-14-2-1-3-15(24)18(14)19-13(22(25,26)27)4-5-16(29-19)20(31)30-17-10-28-34-21(17)33-11-12-6-8-32-9-7-12/h1-5,10,12H,6-9,11H2,(H,30,31). The topological polar surface area (TPSA) is 73.3 Å². The quantitative estimate of drug-likeness (QED) is 0.450. The van der Waals surface area contributed by atoms with Crippen LogP contribution < -0.4 is 10.1 Å². The average molecular weight is 499 g/mol. The van der Waals surface area contributed by atoms with Crippen LogP contribution in [0.3, 0.4) is 0 Å². The number of hydrogen-bond acceptors (Lipinski definition) is 6. The number of aromatic nitrogens is 2. The zero-order valence-electron chi connectivity index (χ0n) is 17.5. The van der Waals surface area contributed by atoms with E-state index in [4.69, 9.17) is 9.47 Å². The predicted molar refractivity (Wildman–Crippen MR) is 114 cm³/mol. The van der Waals surface area contributed by atoms with E-state index in [1.54, 1.807) is 0 Å². The molecule has 1 aliphatic rings. The molecule has 0 aliphatic carbocycles. The van der Waals surface area contributed by atoms with Crippen molar-refractivity contribution in [2.75, 3.05) is 25.1 Å². The van der Waals surface area contributed by atoms with Crippen molar-refractivity contribution in [1.82, 2.24) is 9.36 Å². The van der Waals surface area contributed by atoms with E-state index in [1.165, 1.54) is 6.20 Å². The van der Waals surface area contributed by atoms with E-state index >= 15 is 0 Å². The summed E-state index contributed by atoms with van der Waals surface area (Å²) in [5.41, 5.74) is -3.61. The van der Waals surface area contributed by atoms with Gasteiger partial charge in [-0.05, 0) is 43.0 Å². The normalized spacial score (nSPS) is 14.7. The maximum atomic E-state index is 14.3. The van der Waals surface area contributed by atoms with Crippen LogP contribution in [0.2, 0.25) is 0 Å². The summed E-state index contributed by atoms with van der Waals surface area (Å²) in [4.78, 5) is 16.4. The van der Waals surface area contributed by atoms with Crippen LogP contribution in [0.1, 0.15) is 28.9 Å². The van der Waals surface area contributed by atoms with Gasteiger partial charge in [-0.1, -0.05) is 6.07 Å². The fraction of sp³-hybridized carbons (Fsp3) is 0.318. The second kappa shape index (κ2) is 10.0. The minimum atomic E-state index is -4.95. The smallest absolute Gasteiger partial charge is 0.418 e. The van der Waals surface area contributed by atoms with Crippen molar-refractivity contribution >= 4 is 23.1 Å². The van der Waals surface area contributed by atoms with E-state index in [9.17, 15) is 26.7 Å². The molecule has 34 heavy (non-hydrogen) atoms. The molecule has 2 aromatic heterocycles. The summed E-state index contributed by atoms with van der Waals surface area (Å²) in [6, 6.07) is 4.04. The van der Waals surface area contributed by atoms with Gasteiger partial charge in [0.2, 0.25) is 5.06 Å². The van der Waals surface area contributed by atoms with Crippen LogP contribution in [0.25, 0.3) is 11.3 Å². The summed E-state index contributed by atoms with van der Waals surface area (Å²) < 4.78 is 84.1. The lowest BCUT2D eigenvalue weighted by Gasteiger charge is -2.21. The highest BCUT2D eigenvalue weighted by atomic mass is 32.1. The monoisotopic (exact) mass is 499 g/mol. The van der Waals surface area contributed by atoms with E-state index in [0.29, 0.717) is 31.0 Å². The van der Waals surface area contributed by atoms with Gasteiger partial charge in [0, 0.05) is 24.7 Å². The third-order valence-electron chi connectivity index (χ3n) is 5.21. The number of halogens is 5. The van der Waals surface area contributed by atoms with Crippen LogP contribution in [0.5, 0.6) is 5.06 Å². The summed E-state index contributed by atoms with van der Waals surface area (Å²) in [5.74, 6) is -3.07. The van der Waals surface area contributed by atoms with Crippen molar-refractivity contribution in [2.24, 2.45) is 5.92 Å². The molecule has 1 aromatic carbocycles. The van der Waals surface area contributed by atoms with Gasteiger partial charge in [-0.3, -0.25) is 4.79 Å². The molecule has 1 N–H and O–H groups in total. The van der Waals surface area contributed by atoms with Crippen LogP contribution in [0.4, 0.5) is 27.6 Å². The Balaban J connectivity index is 1.58. The molecule has 3 heterocycles. The summed E-state index contributed by atoms with van der Waals surface area (Å²) in [7, 11) is 0. The number of carbonyl (C=O) groups excluding carboxylic acids is 1. The first-order chi connectivity index (χ1) is 16.2. The van der Waals surface area contributed by atoms with E-state index < -0.39 is 46.2 Å². The zero-order valence-corrected chi connectivity index (χ0v) is 18.3. The molecule has 12 heteroatoms. The van der Waals surface area contributed by atoms with Crippen LogP contribution in [0, 0.1) is 17.6 Å². The van der Waals surface area contributed by atoms with Gasteiger partial charge < -0.3 is 14.8 Å². The highest BCUT2D eigenvalue weighted by Crippen LogP contribution is 2.38. The van der Waals surface area contributed by atoms with Crippen molar-refractivity contribution in [3.8, 4) is 16.3 Å². The molecule has 3 aromatic rings. The average Bonchev–Trinajstić information content (AvgIpc) is 3.24. The first-order valence-electron chi connectivity index (χ1n) is 10.2. The van der Waals surface area contributed by atoms with Crippen LogP contribution >= 0.6 is 11.5 Å². The van der Waals surface area contributed by atoms with E-state index in [1.807, 2.05) is 0 Å². The third-order valence-corrected chi connectivity index (χ3v) is 5.92. The van der Waals surface area contributed by atoms with Gasteiger partial charge in [0.1, 0.15) is 23.0 Å². The van der Waals surface area contributed by atoms with Crippen LogP contribution in [0.15, 0.2) is 36.5 Å². The van der Waals surface area contributed by atoms with E-state index in [2.05, 4.69) is 14.7 Å². The van der Waals surface area contributed by atoms with Crippen molar-refractivity contribution in [2.45, 2.75) is 19.0 Å². The Morgan fingerprint density at radius 2 is 1.85 bits per heavy atom. The molecular formula is C22H18F5N3O3S. The minimum Gasteiger partial charge on any atom is -0.481 e. The Bertz CT molecular complexity index is 1160. The number of alkyl halides is 3. The summed E-state index contributed by atoms with van der Waals surface area (Å²) in [6.07, 6.45) is -1.94. The van der Waals surface area contributed by atoms with Gasteiger partial charge in [-0.15, -0.1) is 0 Å². The molecule has 0 atom stereocenters. The number of anilines is 1. The molecule has 1 amide bonds. The number of ether oxygens (including phenoxy) is 2. The van der Waals surface area contributed by atoms with Gasteiger partial charge >= 0.3 is 6.18 Å². The first kappa shape index (κ1) is 24.0. The molecular weight excluding hydrogens is 481 g/mol. The van der Waals surface area contributed by atoms with Crippen LogP contribution in [-0.4, -0.2) is 35.1 Å². The lowest BCUT2D eigenvalue weighted by atomic mass is 10.0. The molecule has 4 rings (SSSR count). The minimum absolute atomic E-state index is 0.211. The van der Waals surface area contributed by atoms with Gasteiger partial charge in [0.05, 0.1) is 29.6 Å². The van der Waals surface area contributed by atoms with Crippen molar-refractivity contribution < 1.29 is 36.2 Å². The van der Waals surface area contributed by atoms with Crippen molar-refractivity contribution in [1.29, 1.82) is 0 Å². The molecule has 6 nitrogen and oxygen atoms in total. The van der Waals surface area contributed by atoms with E-state index in [0.717, 1.165) is 48.6 Å². The lowest BCUT2D eigenvalue weighted by molar-refractivity contribution is -0.137. The molecule has 0 bridgehead atoms. The maximum absolute atomic E-state index is 14.3. The fourth-order valence-electron chi connectivity index (χ4n) is 3.44. The number of pyridine rings is 1. The number of hydrogen-bond donors (Lipinski definition) is 1. The SMILES string of the molecule is O=C(Nc1cnsc1OCC1CCOCC1)c1ccc(C(F)(F)F)c(-c2c(F)cccc2F)n1. The summed E-state index contributed by atoms with van der Waals surface area (Å²) >= 11 is 0.999. The summed E-state index contributed by atoms with van der Waals surface area (Å²) in [5, 5.41) is 2.81. The predicted octanol–water partition coefficient (Wildman–Crippen LogP) is 5.56. The van der Waals surface area contributed by atoms with Gasteiger partial charge in [0.15, 0.2) is 0 Å². The Labute approximate surface area is 194 Å². The Morgan fingerprint density at radius 1 is 1.15 bits per heavy atom. The van der Waals surface area contributed by atoms with Gasteiger partial charge in [-0.2, -0.15) is 17.5 Å². The number of nitrogens with zero attached hydrogens (tertiary/aromatic N) is 2. The maximum Gasteiger partial charge on any atom is 0.418 e. The molecule has 180 valence electrons. The largest absolute Gasteiger partial charge is 0.481 e. The van der Waals surface area contributed by atoms with Gasteiger partial charge in [0.25, 0.3) is 5.91 Å². The third kappa shape index (κ3) is 5.33. The summed E-state index contributed by atoms with van der Waals surface area (Å²) in [6.45, 7) is 1.68. The van der Waals surface area contributed by atoms with Gasteiger partial charge in [-0.25, -0.2) is 13.8 Å². The number of benzene rings is 1. The van der Waals surface area contributed by atoms with Crippen molar-refractivity contribution in [3.05, 3.63) is 59.4 Å². The Hall–Kier alpha value is -3.12. The lowest BCUT2D eigenvalue weighted by Crippen LogP contribution is -2.21. The Morgan fingerprint density at radius 3 is 2.53 bits per heavy atom. The number of carbonyl (C=O) groups is 1. The number of amides is 1. The fourth-order valence-corrected chi connectivity index (χ4v) is 4.01. The van der Waals surface area contributed by atoms with Crippen molar-refractivity contribution in [3.63, 3.8) is 0 Å². The molecule has 0 spiro atoms. The first-order valence-corrected chi connectivity index (χ1v) is 11.0. The molecule has 1 aliphatic heterocycles. The highest BCUT2D eigenvalue weighted by Gasteiger charge is 2.36. The molecule has 0 radical (unpaired) electrons. The number of rotatable bonds is 6. The zero-order chi connectivity index (χ0) is 24.3. The highest BCUT2D eigenvalue weighted by molar-refractivity contribution is 7.08. The second-order valence-electron chi connectivity index (χ2n) is 7.53. The Kier molecular flexibility index (Phi) is 7.08. The molecule has 0 unspecified atom stereocenters. The van der Waals surface area contributed by atoms with Crippen LogP contribution in [-0.2, 0) is 10.9 Å². The van der Waals surface area contributed by atoms with E-state index in [-0.39, 0.29) is 11.6 Å². The molecule has 0 saturated carbocycles.